The van der Waals surface area contributed by atoms with Crippen molar-refractivity contribution in [3.8, 4) is 23.1 Å². The summed E-state index contributed by atoms with van der Waals surface area (Å²) in [5, 5.41) is 13.2. The molecule has 0 unspecified atom stereocenters. The normalized spacial score (nSPS) is 10.2. The van der Waals surface area contributed by atoms with Gasteiger partial charge in [-0.05, 0) is 31.2 Å². The van der Waals surface area contributed by atoms with Crippen LogP contribution >= 0.6 is 0 Å². The third-order valence-corrected chi connectivity index (χ3v) is 3.24. The highest BCUT2D eigenvalue weighted by molar-refractivity contribution is 5.88. The summed E-state index contributed by atoms with van der Waals surface area (Å²) in [6.45, 7) is 2.00. The second-order valence-corrected chi connectivity index (χ2v) is 4.80. The third-order valence-electron chi connectivity index (χ3n) is 3.24. The highest BCUT2D eigenvalue weighted by atomic mass is 16.5. The second-order valence-electron chi connectivity index (χ2n) is 4.80. The van der Waals surface area contributed by atoms with Gasteiger partial charge in [-0.1, -0.05) is 0 Å². The quantitative estimate of drug-likeness (QED) is 0.685. The molecule has 7 nitrogen and oxygen atoms in total. The molecule has 0 atom stereocenters. The summed E-state index contributed by atoms with van der Waals surface area (Å²) in [5.41, 5.74) is 2.52. The Morgan fingerprint density at radius 2 is 2.21 bits per heavy atom. The van der Waals surface area contributed by atoms with E-state index in [9.17, 15) is 4.79 Å². The van der Waals surface area contributed by atoms with Crippen LogP contribution in [0.1, 0.15) is 23.0 Å². The summed E-state index contributed by atoms with van der Waals surface area (Å²) in [6, 6.07) is 10.6. The van der Waals surface area contributed by atoms with E-state index < -0.39 is 5.97 Å². The fourth-order valence-electron chi connectivity index (χ4n) is 2.16. The van der Waals surface area contributed by atoms with Gasteiger partial charge in [0.2, 0.25) is 0 Å². The van der Waals surface area contributed by atoms with E-state index in [1.807, 2.05) is 12.1 Å². The molecule has 0 aliphatic heterocycles. The number of rotatable bonds is 4. The van der Waals surface area contributed by atoms with Gasteiger partial charge in [0.15, 0.2) is 5.69 Å². The Morgan fingerprint density at radius 1 is 1.33 bits per heavy atom. The van der Waals surface area contributed by atoms with Crippen LogP contribution < -0.4 is 0 Å². The fourth-order valence-corrected chi connectivity index (χ4v) is 2.16. The maximum atomic E-state index is 12.0. The number of ether oxygens (including phenoxy) is 1. The summed E-state index contributed by atoms with van der Waals surface area (Å²) >= 11 is 0. The number of hydrogen-bond donors (Lipinski definition) is 0. The van der Waals surface area contributed by atoms with Crippen molar-refractivity contribution >= 4 is 5.97 Å². The van der Waals surface area contributed by atoms with Crippen molar-refractivity contribution in [1.82, 2.24) is 19.7 Å². The number of carbonyl (C=O) groups excluding carboxylic acids is 1. The van der Waals surface area contributed by atoms with E-state index in [1.54, 1.807) is 48.3 Å². The van der Waals surface area contributed by atoms with Crippen LogP contribution in [-0.4, -0.2) is 32.3 Å². The number of nitrogens with zero attached hydrogens (tertiary/aromatic N) is 5. The molecule has 24 heavy (non-hydrogen) atoms. The van der Waals surface area contributed by atoms with E-state index in [2.05, 4.69) is 15.1 Å². The summed E-state index contributed by atoms with van der Waals surface area (Å²) in [7, 11) is 0. The lowest BCUT2D eigenvalue weighted by atomic mass is 10.2. The average molecular weight is 319 g/mol. The number of esters is 1. The minimum Gasteiger partial charge on any atom is -0.461 e. The van der Waals surface area contributed by atoms with Gasteiger partial charge in [-0.2, -0.15) is 10.4 Å². The average Bonchev–Trinajstić information content (AvgIpc) is 3.08. The molecule has 0 amide bonds. The molecule has 0 aromatic carbocycles. The summed E-state index contributed by atoms with van der Waals surface area (Å²) < 4.78 is 6.59. The lowest BCUT2D eigenvalue weighted by molar-refractivity contribution is 0.0519. The Bertz CT molecular complexity index is 895. The molecule has 0 saturated carbocycles. The summed E-state index contributed by atoms with van der Waals surface area (Å²) in [4.78, 5) is 20.3. The first-order valence-electron chi connectivity index (χ1n) is 7.27. The van der Waals surface area contributed by atoms with E-state index in [1.165, 1.54) is 6.20 Å². The number of nitriles is 1. The fraction of sp³-hybridized carbons (Fsp3) is 0.118. The molecule has 0 spiro atoms. The third kappa shape index (κ3) is 2.98. The first kappa shape index (κ1) is 15.4. The molecule has 0 N–H and O–H groups in total. The molecule has 3 aromatic heterocycles. The number of carbonyl (C=O) groups is 1. The van der Waals surface area contributed by atoms with Crippen LogP contribution in [0.25, 0.3) is 17.1 Å². The van der Waals surface area contributed by atoms with Gasteiger partial charge < -0.3 is 4.74 Å². The van der Waals surface area contributed by atoms with Gasteiger partial charge in [-0.3, -0.25) is 9.97 Å². The zero-order valence-electron chi connectivity index (χ0n) is 12.9. The van der Waals surface area contributed by atoms with E-state index in [-0.39, 0.29) is 12.3 Å². The maximum Gasteiger partial charge on any atom is 0.358 e. The van der Waals surface area contributed by atoms with Gasteiger partial charge in [0.05, 0.1) is 35.4 Å². The summed E-state index contributed by atoms with van der Waals surface area (Å²) in [5.74, 6) is -0.505. The van der Waals surface area contributed by atoms with Crippen molar-refractivity contribution < 1.29 is 9.53 Å². The predicted octanol–water partition coefficient (Wildman–Crippen LogP) is 2.38. The lowest BCUT2D eigenvalue weighted by Crippen LogP contribution is -2.07. The van der Waals surface area contributed by atoms with Crippen molar-refractivity contribution in [2.75, 3.05) is 6.61 Å². The predicted molar refractivity (Wildman–Crippen MR) is 85.3 cm³/mol. The number of pyridine rings is 2. The van der Waals surface area contributed by atoms with Crippen LogP contribution in [0.5, 0.6) is 0 Å². The van der Waals surface area contributed by atoms with Crippen molar-refractivity contribution in [2.24, 2.45) is 0 Å². The van der Waals surface area contributed by atoms with Crippen molar-refractivity contribution in [3.63, 3.8) is 0 Å². The van der Waals surface area contributed by atoms with Gasteiger partial charge in [0, 0.05) is 18.5 Å². The topological polar surface area (TPSA) is 93.7 Å². The molecule has 0 radical (unpaired) electrons. The minimum absolute atomic E-state index is 0.182. The monoisotopic (exact) mass is 319 g/mol. The molecule has 3 heterocycles. The first-order valence-corrected chi connectivity index (χ1v) is 7.27. The SMILES string of the molecule is CCOC(=O)c1cc(-c2ccc(C#N)cn2)n(-c2cccnc2)n1. The molecule has 118 valence electrons. The van der Waals surface area contributed by atoms with E-state index >= 15 is 0 Å². The van der Waals surface area contributed by atoms with Gasteiger partial charge in [0.25, 0.3) is 0 Å². The zero-order valence-corrected chi connectivity index (χ0v) is 12.9. The number of hydrogen-bond acceptors (Lipinski definition) is 6. The van der Waals surface area contributed by atoms with Crippen LogP contribution in [0.15, 0.2) is 48.9 Å². The zero-order chi connectivity index (χ0) is 16.9. The van der Waals surface area contributed by atoms with E-state index in [0.717, 1.165) is 0 Å². The molecule has 3 aromatic rings. The molecule has 0 fully saturated rings. The van der Waals surface area contributed by atoms with Gasteiger partial charge in [0.1, 0.15) is 6.07 Å². The molecule has 0 aliphatic rings. The van der Waals surface area contributed by atoms with Gasteiger partial charge in [-0.25, -0.2) is 9.48 Å². The molecule has 0 aliphatic carbocycles. The molecular formula is C17H13N5O2. The smallest absolute Gasteiger partial charge is 0.358 e. The van der Waals surface area contributed by atoms with Crippen molar-refractivity contribution in [2.45, 2.75) is 6.92 Å². The van der Waals surface area contributed by atoms with Crippen LogP contribution in [0.4, 0.5) is 0 Å². The molecule has 7 heteroatoms. The molecule has 3 rings (SSSR count). The van der Waals surface area contributed by atoms with Crippen molar-refractivity contribution in [3.05, 3.63) is 60.2 Å². The van der Waals surface area contributed by atoms with Gasteiger partial charge >= 0.3 is 5.97 Å². The first-order chi connectivity index (χ1) is 11.7. The Morgan fingerprint density at radius 3 is 2.83 bits per heavy atom. The Kier molecular flexibility index (Phi) is 4.29. The highest BCUT2D eigenvalue weighted by Gasteiger charge is 2.18. The highest BCUT2D eigenvalue weighted by Crippen LogP contribution is 2.22. The van der Waals surface area contributed by atoms with Crippen LogP contribution in [0, 0.1) is 11.3 Å². The maximum absolute atomic E-state index is 12.0. The molecular weight excluding hydrogens is 306 g/mol. The van der Waals surface area contributed by atoms with Crippen LogP contribution in [-0.2, 0) is 4.74 Å². The minimum atomic E-state index is -0.505. The largest absolute Gasteiger partial charge is 0.461 e. The van der Waals surface area contributed by atoms with E-state index in [0.29, 0.717) is 22.6 Å². The van der Waals surface area contributed by atoms with Crippen LogP contribution in [0.2, 0.25) is 0 Å². The molecule has 0 bridgehead atoms. The Balaban J connectivity index is 2.12. The lowest BCUT2D eigenvalue weighted by Gasteiger charge is -2.06. The molecule has 0 saturated heterocycles. The van der Waals surface area contributed by atoms with Crippen molar-refractivity contribution in [1.29, 1.82) is 5.26 Å². The van der Waals surface area contributed by atoms with Gasteiger partial charge in [-0.15, -0.1) is 0 Å². The Labute approximate surface area is 138 Å². The Hall–Kier alpha value is -3.53. The summed E-state index contributed by atoms with van der Waals surface area (Å²) in [6.07, 6.45) is 4.76. The second kappa shape index (κ2) is 6.71. The number of aromatic nitrogens is 4. The van der Waals surface area contributed by atoms with Crippen LogP contribution in [0.3, 0.4) is 0 Å². The standard InChI is InChI=1S/C17H13N5O2/c1-2-24-17(23)15-8-16(14-6-5-12(9-18)10-20-14)22(21-15)13-4-3-7-19-11-13/h3-8,10-11H,2H2,1H3. The van der Waals surface area contributed by atoms with E-state index in [4.69, 9.17) is 10.00 Å².